The number of alkyl halides is 1. The maximum Gasteiger partial charge on any atom is 0.262 e. The molecule has 29 heavy (non-hydrogen) atoms. The second-order valence-corrected chi connectivity index (χ2v) is 7.64. The quantitative estimate of drug-likeness (QED) is 0.707. The zero-order chi connectivity index (χ0) is 20.9. The van der Waals surface area contributed by atoms with Crippen LogP contribution in [0.25, 0.3) is 0 Å². The predicted octanol–water partition coefficient (Wildman–Crippen LogP) is 0.494. The molecule has 0 radical (unpaired) electrons. The normalized spacial score (nSPS) is 24.0. The lowest BCUT2D eigenvalue weighted by molar-refractivity contribution is -0.136. The number of hydrogen-bond acceptors (Lipinski definition) is 6. The van der Waals surface area contributed by atoms with E-state index in [1.807, 2.05) is 0 Å². The Morgan fingerprint density at radius 2 is 1.72 bits per heavy atom. The molecule has 10 heteroatoms. The molecule has 0 aromatic heterocycles. The van der Waals surface area contributed by atoms with Crippen LogP contribution < -0.4 is 16.0 Å². The fourth-order valence-corrected chi connectivity index (χ4v) is 4.07. The van der Waals surface area contributed by atoms with E-state index >= 15 is 0 Å². The molecule has 154 valence electrons. The highest BCUT2D eigenvalue weighted by atomic mass is 19.1. The molecule has 0 saturated carbocycles. The molecule has 8 nitrogen and oxygen atoms in total. The molecule has 4 amide bonds. The molecule has 4 rings (SSSR count). The van der Waals surface area contributed by atoms with Crippen LogP contribution in [0.4, 0.5) is 14.5 Å². The van der Waals surface area contributed by atoms with Gasteiger partial charge in [-0.05, 0) is 18.6 Å². The van der Waals surface area contributed by atoms with E-state index in [4.69, 9.17) is 5.73 Å². The first-order valence-electron chi connectivity index (χ1n) is 9.43. The highest BCUT2D eigenvalue weighted by Gasteiger charge is 2.45. The Kier molecular flexibility index (Phi) is 4.60. The largest absolute Gasteiger partial charge is 0.369 e. The Morgan fingerprint density at radius 3 is 2.31 bits per heavy atom. The number of fused-ring (bicyclic) bond motifs is 1. The molecule has 1 aromatic rings. The van der Waals surface area contributed by atoms with E-state index in [1.165, 1.54) is 6.07 Å². The highest BCUT2D eigenvalue weighted by molar-refractivity contribution is 6.23. The summed E-state index contributed by atoms with van der Waals surface area (Å²) in [6.45, 7) is 0.339. The minimum absolute atomic E-state index is 0.00330. The van der Waals surface area contributed by atoms with Crippen LogP contribution in [0.3, 0.4) is 0 Å². The van der Waals surface area contributed by atoms with Crippen molar-refractivity contribution in [3.8, 4) is 0 Å². The smallest absolute Gasteiger partial charge is 0.262 e. The molecule has 0 spiro atoms. The SMILES string of the molecule is NCC1(F)CCN(c2cc3c(cc2F)C(=O)N(C2CCC(=O)NC2=O)C3=O)CC1. The van der Waals surface area contributed by atoms with Gasteiger partial charge in [-0.15, -0.1) is 0 Å². The molecule has 1 aromatic carbocycles. The number of imide groups is 2. The third-order valence-electron chi connectivity index (χ3n) is 5.87. The summed E-state index contributed by atoms with van der Waals surface area (Å²) in [5.74, 6) is -3.38. The number of carbonyl (C=O) groups is 4. The molecule has 2 saturated heterocycles. The fourth-order valence-electron chi connectivity index (χ4n) is 4.07. The zero-order valence-corrected chi connectivity index (χ0v) is 15.5. The summed E-state index contributed by atoms with van der Waals surface area (Å²) >= 11 is 0. The topological polar surface area (TPSA) is 113 Å². The predicted molar refractivity (Wildman–Crippen MR) is 97.4 cm³/mol. The van der Waals surface area contributed by atoms with Gasteiger partial charge in [0.05, 0.1) is 16.8 Å². The van der Waals surface area contributed by atoms with Gasteiger partial charge in [0.2, 0.25) is 11.8 Å². The lowest BCUT2D eigenvalue weighted by Crippen LogP contribution is -2.54. The summed E-state index contributed by atoms with van der Waals surface area (Å²) in [5.41, 5.74) is 3.94. The van der Waals surface area contributed by atoms with Crippen molar-refractivity contribution >= 4 is 29.3 Å². The van der Waals surface area contributed by atoms with Gasteiger partial charge in [-0.1, -0.05) is 0 Å². The van der Waals surface area contributed by atoms with Crippen LogP contribution in [0.2, 0.25) is 0 Å². The van der Waals surface area contributed by atoms with Gasteiger partial charge in [0.15, 0.2) is 0 Å². The molecule has 3 N–H and O–H groups in total. The van der Waals surface area contributed by atoms with Gasteiger partial charge >= 0.3 is 0 Å². The number of piperidine rings is 2. The third-order valence-corrected chi connectivity index (χ3v) is 5.87. The number of benzene rings is 1. The number of rotatable bonds is 3. The van der Waals surface area contributed by atoms with E-state index in [2.05, 4.69) is 5.32 Å². The lowest BCUT2D eigenvalue weighted by atomic mass is 9.93. The van der Waals surface area contributed by atoms with Crippen molar-refractivity contribution in [2.75, 3.05) is 24.5 Å². The van der Waals surface area contributed by atoms with E-state index in [-0.39, 0.29) is 62.1 Å². The van der Waals surface area contributed by atoms with Crippen LogP contribution in [0.15, 0.2) is 12.1 Å². The van der Waals surface area contributed by atoms with Gasteiger partial charge in [0.25, 0.3) is 11.8 Å². The summed E-state index contributed by atoms with van der Waals surface area (Å²) in [7, 11) is 0. The van der Waals surface area contributed by atoms with Gasteiger partial charge in [0.1, 0.15) is 17.5 Å². The molecule has 1 unspecified atom stereocenters. The van der Waals surface area contributed by atoms with E-state index in [9.17, 15) is 28.0 Å². The number of carbonyl (C=O) groups excluding carboxylic acids is 4. The first-order chi connectivity index (χ1) is 13.7. The monoisotopic (exact) mass is 406 g/mol. The molecule has 3 aliphatic heterocycles. The maximum atomic E-state index is 14.7. The first-order valence-corrected chi connectivity index (χ1v) is 9.43. The van der Waals surface area contributed by atoms with Crippen LogP contribution in [0, 0.1) is 5.82 Å². The lowest BCUT2D eigenvalue weighted by Gasteiger charge is -2.37. The number of nitrogens with two attached hydrogens (primary N) is 1. The Morgan fingerprint density at radius 1 is 1.10 bits per heavy atom. The van der Waals surface area contributed by atoms with Crippen molar-refractivity contribution in [2.45, 2.75) is 37.4 Å². The average Bonchev–Trinajstić information content (AvgIpc) is 2.92. The van der Waals surface area contributed by atoms with Gasteiger partial charge in [-0.3, -0.25) is 29.4 Å². The summed E-state index contributed by atoms with van der Waals surface area (Å²) in [6.07, 6.45) is 0.295. The van der Waals surface area contributed by atoms with Crippen molar-refractivity contribution in [3.63, 3.8) is 0 Å². The van der Waals surface area contributed by atoms with Crippen molar-refractivity contribution in [1.82, 2.24) is 10.2 Å². The average molecular weight is 406 g/mol. The zero-order valence-electron chi connectivity index (χ0n) is 15.5. The van der Waals surface area contributed by atoms with Crippen LogP contribution in [0.1, 0.15) is 46.4 Å². The number of hydrogen-bond donors (Lipinski definition) is 2. The van der Waals surface area contributed by atoms with E-state index < -0.39 is 41.2 Å². The van der Waals surface area contributed by atoms with E-state index in [0.29, 0.717) is 0 Å². The number of amides is 4. The Hall–Kier alpha value is -2.88. The summed E-state index contributed by atoms with van der Waals surface area (Å²) in [6, 6.07) is 1.15. The first kappa shape index (κ1) is 19.4. The standard InChI is InChI=1S/C19H20F2N4O4/c20-12-7-10-11(8-14(12)24-5-3-19(21,9-22)4-6-24)18(29)25(17(10)28)13-1-2-15(26)23-16(13)27/h7-8,13H,1-6,9,22H2,(H,23,26,27). The summed E-state index contributed by atoms with van der Waals surface area (Å²) < 4.78 is 29.1. The number of nitrogens with zero attached hydrogens (tertiary/aromatic N) is 2. The molecule has 1 atom stereocenters. The van der Waals surface area contributed by atoms with Gasteiger partial charge in [0, 0.05) is 38.9 Å². The molecule has 2 fully saturated rings. The third kappa shape index (κ3) is 3.17. The van der Waals surface area contributed by atoms with Crippen molar-refractivity contribution in [1.29, 1.82) is 0 Å². The highest BCUT2D eigenvalue weighted by Crippen LogP contribution is 2.35. The van der Waals surface area contributed by atoms with Crippen LogP contribution in [0.5, 0.6) is 0 Å². The maximum absolute atomic E-state index is 14.7. The minimum Gasteiger partial charge on any atom is -0.369 e. The van der Waals surface area contributed by atoms with E-state index in [0.717, 1.165) is 11.0 Å². The molecule has 3 aliphatic rings. The van der Waals surface area contributed by atoms with Crippen molar-refractivity contribution in [2.24, 2.45) is 5.73 Å². The van der Waals surface area contributed by atoms with Gasteiger partial charge in [-0.25, -0.2) is 8.78 Å². The van der Waals surface area contributed by atoms with Crippen molar-refractivity contribution in [3.05, 3.63) is 29.1 Å². The molecule has 3 heterocycles. The van der Waals surface area contributed by atoms with Gasteiger partial charge < -0.3 is 10.6 Å². The second kappa shape index (κ2) is 6.87. The number of anilines is 1. The molecule has 0 aliphatic carbocycles. The van der Waals surface area contributed by atoms with Crippen LogP contribution >= 0.6 is 0 Å². The molecular formula is C19H20F2N4O4. The molecule has 0 bridgehead atoms. The van der Waals surface area contributed by atoms with Crippen LogP contribution in [-0.4, -0.2) is 59.9 Å². The Bertz CT molecular complexity index is 927. The Labute approximate surface area is 165 Å². The van der Waals surface area contributed by atoms with Crippen molar-refractivity contribution < 1.29 is 28.0 Å². The Balaban J connectivity index is 1.62. The number of halogens is 2. The fraction of sp³-hybridized carbons (Fsp3) is 0.474. The van der Waals surface area contributed by atoms with Gasteiger partial charge in [-0.2, -0.15) is 0 Å². The minimum atomic E-state index is -1.49. The second-order valence-electron chi connectivity index (χ2n) is 7.64. The number of nitrogens with one attached hydrogen (secondary N) is 1. The molecular weight excluding hydrogens is 386 g/mol. The summed E-state index contributed by atoms with van der Waals surface area (Å²) in [4.78, 5) is 51.4. The van der Waals surface area contributed by atoms with E-state index in [1.54, 1.807) is 4.90 Å². The summed E-state index contributed by atoms with van der Waals surface area (Å²) in [5, 5.41) is 2.11. The van der Waals surface area contributed by atoms with Crippen LogP contribution in [-0.2, 0) is 9.59 Å².